The number of rotatable bonds is 6. The van der Waals surface area contributed by atoms with E-state index in [2.05, 4.69) is 6.58 Å². The van der Waals surface area contributed by atoms with E-state index < -0.39 is 6.10 Å². The lowest BCUT2D eigenvalue weighted by molar-refractivity contribution is -0.0703. The van der Waals surface area contributed by atoms with Crippen LogP contribution >= 0.6 is 0 Å². The molecule has 0 heterocycles. The van der Waals surface area contributed by atoms with Crippen molar-refractivity contribution < 1.29 is 14.9 Å². The molecule has 0 bridgehead atoms. The van der Waals surface area contributed by atoms with Crippen LogP contribution in [0.2, 0.25) is 0 Å². The van der Waals surface area contributed by atoms with Crippen LogP contribution in [0.3, 0.4) is 0 Å². The number of hydrogen-bond donors (Lipinski definition) is 2. The van der Waals surface area contributed by atoms with Gasteiger partial charge in [-0.1, -0.05) is 19.9 Å². The first-order valence-electron chi connectivity index (χ1n) is 4.14. The maximum Gasteiger partial charge on any atom is 0.103 e. The summed E-state index contributed by atoms with van der Waals surface area (Å²) in [4.78, 5) is 0. The molecule has 0 fully saturated rings. The zero-order chi connectivity index (χ0) is 9.56. The van der Waals surface area contributed by atoms with Gasteiger partial charge in [0.25, 0.3) is 0 Å². The van der Waals surface area contributed by atoms with Gasteiger partial charge in [0.1, 0.15) is 6.10 Å². The molecule has 0 saturated carbocycles. The van der Waals surface area contributed by atoms with E-state index in [-0.39, 0.29) is 18.6 Å². The SMILES string of the molecule is C=CCOC(C(C)C)[C@H](O)CO. The van der Waals surface area contributed by atoms with E-state index in [9.17, 15) is 5.11 Å². The second-order valence-electron chi connectivity index (χ2n) is 3.08. The zero-order valence-electron chi connectivity index (χ0n) is 7.73. The Bertz CT molecular complexity index is 123. The molecule has 12 heavy (non-hydrogen) atoms. The lowest BCUT2D eigenvalue weighted by Gasteiger charge is -2.24. The van der Waals surface area contributed by atoms with Crippen molar-refractivity contribution in [2.75, 3.05) is 13.2 Å². The molecule has 2 atom stereocenters. The summed E-state index contributed by atoms with van der Waals surface area (Å²) in [5.74, 6) is 0.187. The fraction of sp³-hybridized carbons (Fsp3) is 0.778. The molecular weight excluding hydrogens is 156 g/mol. The van der Waals surface area contributed by atoms with Crippen molar-refractivity contribution in [2.24, 2.45) is 5.92 Å². The van der Waals surface area contributed by atoms with Crippen LogP contribution in [-0.2, 0) is 4.74 Å². The van der Waals surface area contributed by atoms with Crippen LogP contribution in [-0.4, -0.2) is 35.6 Å². The maximum absolute atomic E-state index is 9.31. The molecular formula is C9H18O3. The predicted molar refractivity (Wildman–Crippen MR) is 47.9 cm³/mol. The topological polar surface area (TPSA) is 49.7 Å². The molecule has 0 aromatic rings. The highest BCUT2D eigenvalue weighted by Gasteiger charge is 2.21. The van der Waals surface area contributed by atoms with Crippen LogP contribution in [0.25, 0.3) is 0 Å². The van der Waals surface area contributed by atoms with E-state index in [1.54, 1.807) is 6.08 Å². The van der Waals surface area contributed by atoms with E-state index in [4.69, 9.17) is 9.84 Å². The van der Waals surface area contributed by atoms with Crippen LogP contribution in [0.15, 0.2) is 12.7 Å². The Morgan fingerprint density at radius 2 is 2.08 bits per heavy atom. The largest absolute Gasteiger partial charge is 0.394 e. The van der Waals surface area contributed by atoms with Gasteiger partial charge in [0.15, 0.2) is 0 Å². The van der Waals surface area contributed by atoms with Gasteiger partial charge < -0.3 is 14.9 Å². The minimum absolute atomic E-state index is 0.187. The summed E-state index contributed by atoms with van der Waals surface area (Å²) in [6.07, 6.45) is 0.511. The van der Waals surface area contributed by atoms with Crippen molar-refractivity contribution in [3.8, 4) is 0 Å². The van der Waals surface area contributed by atoms with Gasteiger partial charge in [0.05, 0.1) is 19.3 Å². The molecule has 3 heteroatoms. The Morgan fingerprint density at radius 3 is 2.42 bits per heavy atom. The number of hydrogen-bond acceptors (Lipinski definition) is 3. The molecule has 0 aromatic heterocycles. The van der Waals surface area contributed by atoms with E-state index in [0.717, 1.165) is 0 Å². The van der Waals surface area contributed by atoms with Crippen LogP contribution in [0.1, 0.15) is 13.8 Å². The van der Waals surface area contributed by atoms with Crippen LogP contribution in [0, 0.1) is 5.92 Å². The third-order valence-corrected chi connectivity index (χ3v) is 1.63. The van der Waals surface area contributed by atoms with Gasteiger partial charge >= 0.3 is 0 Å². The highest BCUT2D eigenvalue weighted by atomic mass is 16.5. The summed E-state index contributed by atoms with van der Waals surface area (Å²) in [5.41, 5.74) is 0. The Kier molecular flexibility index (Phi) is 5.98. The van der Waals surface area contributed by atoms with Gasteiger partial charge in [-0.15, -0.1) is 6.58 Å². The third-order valence-electron chi connectivity index (χ3n) is 1.63. The average Bonchev–Trinajstić information content (AvgIpc) is 2.04. The molecule has 0 aliphatic rings. The second kappa shape index (κ2) is 6.17. The highest BCUT2D eigenvalue weighted by Crippen LogP contribution is 2.10. The van der Waals surface area contributed by atoms with Gasteiger partial charge in [-0.05, 0) is 5.92 Å². The number of aliphatic hydroxyl groups excluding tert-OH is 2. The smallest absolute Gasteiger partial charge is 0.103 e. The molecule has 0 rings (SSSR count). The Balaban J connectivity index is 3.93. The molecule has 0 radical (unpaired) electrons. The molecule has 0 spiro atoms. The molecule has 0 aliphatic carbocycles. The molecule has 0 aliphatic heterocycles. The molecule has 1 unspecified atom stereocenters. The van der Waals surface area contributed by atoms with Gasteiger partial charge in [-0.3, -0.25) is 0 Å². The van der Waals surface area contributed by atoms with Crippen LogP contribution in [0.5, 0.6) is 0 Å². The molecule has 2 N–H and O–H groups in total. The van der Waals surface area contributed by atoms with Crippen molar-refractivity contribution in [3.63, 3.8) is 0 Å². The van der Waals surface area contributed by atoms with Gasteiger partial charge in [-0.25, -0.2) is 0 Å². The van der Waals surface area contributed by atoms with Crippen molar-refractivity contribution >= 4 is 0 Å². The monoisotopic (exact) mass is 174 g/mol. The minimum atomic E-state index is -0.801. The van der Waals surface area contributed by atoms with Gasteiger partial charge in [-0.2, -0.15) is 0 Å². The minimum Gasteiger partial charge on any atom is -0.394 e. The van der Waals surface area contributed by atoms with Crippen molar-refractivity contribution in [1.82, 2.24) is 0 Å². The fourth-order valence-electron chi connectivity index (χ4n) is 1.03. The summed E-state index contributed by atoms with van der Waals surface area (Å²) in [6.45, 7) is 7.52. The Hall–Kier alpha value is -0.380. The quantitative estimate of drug-likeness (QED) is 0.579. The van der Waals surface area contributed by atoms with E-state index in [1.165, 1.54) is 0 Å². The summed E-state index contributed by atoms with van der Waals surface area (Å²) < 4.78 is 5.28. The molecule has 72 valence electrons. The molecule has 3 nitrogen and oxygen atoms in total. The Morgan fingerprint density at radius 1 is 1.50 bits per heavy atom. The second-order valence-corrected chi connectivity index (χ2v) is 3.08. The summed E-state index contributed by atoms with van der Waals surface area (Å²) in [5, 5.41) is 18.0. The average molecular weight is 174 g/mol. The zero-order valence-corrected chi connectivity index (χ0v) is 7.73. The van der Waals surface area contributed by atoms with Crippen molar-refractivity contribution in [2.45, 2.75) is 26.1 Å². The highest BCUT2D eigenvalue weighted by molar-refractivity contribution is 4.74. The van der Waals surface area contributed by atoms with Gasteiger partial charge in [0, 0.05) is 0 Å². The van der Waals surface area contributed by atoms with E-state index >= 15 is 0 Å². The lowest BCUT2D eigenvalue weighted by Crippen LogP contribution is -2.36. The van der Waals surface area contributed by atoms with Gasteiger partial charge in [0.2, 0.25) is 0 Å². The summed E-state index contributed by atoms with van der Waals surface area (Å²) in [6, 6.07) is 0. The third kappa shape index (κ3) is 3.85. The maximum atomic E-state index is 9.31. The molecule has 0 aromatic carbocycles. The summed E-state index contributed by atoms with van der Waals surface area (Å²) >= 11 is 0. The first-order valence-corrected chi connectivity index (χ1v) is 4.14. The van der Waals surface area contributed by atoms with Crippen molar-refractivity contribution in [1.29, 1.82) is 0 Å². The predicted octanol–water partition coefficient (Wildman–Crippen LogP) is 0.567. The lowest BCUT2D eigenvalue weighted by atomic mass is 10.0. The fourth-order valence-corrected chi connectivity index (χ4v) is 1.03. The molecule has 0 saturated heterocycles. The summed E-state index contributed by atoms with van der Waals surface area (Å²) in [7, 11) is 0. The van der Waals surface area contributed by atoms with E-state index in [0.29, 0.717) is 6.61 Å². The van der Waals surface area contributed by atoms with Crippen LogP contribution < -0.4 is 0 Å². The number of aliphatic hydroxyl groups is 2. The van der Waals surface area contributed by atoms with Crippen LogP contribution in [0.4, 0.5) is 0 Å². The number of ether oxygens (including phenoxy) is 1. The molecule has 0 amide bonds. The van der Waals surface area contributed by atoms with E-state index in [1.807, 2.05) is 13.8 Å². The Labute approximate surface area is 73.7 Å². The standard InChI is InChI=1S/C9H18O3/c1-4-5-12-9(7(2)3)8(11)6-10/h4,7-11H,1,5-6H2,2-3H3/t8-,9?/m1/s1. The van der Waals surface area contributed by atoms with Crippen molar-refractivity contribution in [3.05, 3.63) is 12.7 Å². The first kappa shape index (κ1) is 11.6. The first-order chi connectivity index (χ1) is 5.63. The normalized spacial score (nSPS) is 16.1.